The first-order valence-electron chi connectivity index (χ1n) is 11.5. The zero-order chi connectivity index (χ0) is 26.3. The van der Waals surface area contributed by atoms with Crippen LogP contribution in [0, 0.1) is 5.82 Å². The first-order chi connectivity index (χ1) is 16.9. The summed E-state index contributed by atoms with van der Waals surface area (Å²) in [6, 6.07) is 8.85. The van der Waals surface area contributed by atoms with E-state index in [4.69, 9.17) is 9.15 Å². The number of benzene rings is 2. The molecule has 192 valence electrons. The number of rotatable bonds is 4. The number of nitrogens with zero attached hydrogens (tertiary/aromatic N) is 1. The Kier molecular flexibility index (Phi) is 6.70. The van der Waals surface area contributed by atoms with Crippen LogP contribution in [0.15, 0.2) is 40.8 Å². The molecule has 0 atom stereocenters. The summed E-state index contributed by atoms with van der Waals surface area (Å²) in [7, 11) is -2.80. The molecule has 0 saturated heterocycles. The van der Waals surface area contributed by atoms with Gasteiger partial charge in [0.1, 0.15) is 22.8 Å². The molecule has 3 aromatic rings. The van der Waals surface area contributed by atoms with Crippen LogP contribution in [0.4, 0.5) is 14.9 Å². The topological polar surface area (TPSA) is 118 Å². The molecule has 1 aromatic heterocycles. The summed E-state index contributed by atoms with van der Waals surface area (Å²) in [5.41, 5.74) is 1.21. The Morgan fingerprint density at radius 2 is 1.81 bits per heavy atom. The summed E-state index contributed by atoms with van der Waals surface area (Å²) >= 11 is 0. The SMILES string of the molecule is CNC(=O)c1c(-c2ccc(F)cc2)oc2cc3c(cc12)CCCCN3S(=O)(=O)NC(=O)OC(C)(C)C. The van der Waals surface area contributed by atoms with Crippen molar-refractivity contribution >= 4 is 38.9 Å². The molecule has 0 aliphatic carbocycles. The molecule has 0 bridgehead atoms. The molecule has 2 heterocycles. The maximum Gasteiger partial charge on any atom is 0.422 e. The summed E-state index contributed by atoms with van der Waals surface area (Å²) in [6.45, 7) is 5.05. The number of carbonyl (C=O) groups is 2. The van der Waals surface area contributed by atoms with Gasteiger partial charge in [0, 0.05) is 30.6 Å². The van der Waals surface area contributed by atoms with E-state index < -0.39 is 33.6 Å². The lowest BCUT2D eigenvalue weighted by atomic mass is 10.0. The highest BCUT2D eigenvalue weighted by molar-refractivity contribution is 7.91. The van der Waals surface area contributed by atoms with Gasteiger partial charge in [0.2, 0.25) is 0 Å². The molecule has 0 unspecified atom stereocenters. The Morgan fingerprint density at radius 1 is 1.11 bits per heavy atom. The van der Waals surface area contributed by atoms with Crippen molar-refractivity contribution in [1.29, 1.82) is 0 Å². The summed E-state index contributed by atoms with van der Waals surface area (Å²) in [5, 5.41) is 3.11. The Morgan fingerprint density at radius 3 is 2.44 bits per heavy atom. The third-order valence-electron chi connectivity index (χ3n) is 5.68. The van der Waals surface area contributed by atoms with Crippen molar-refractivity contribution in [3.05, 3.63) is 53.3 Å². The molecule has 4 rings (SSSR count). The molecule has 0 spiro atoms. The Hall–Kier alpha value is -3.60. The van der Waals surface area contributed by atoms with Crippen LogP contribution in [0.25, 0.3) is 22.3 Å². The van der Waals surface area contributed by atoms with Crippen molar-refractivity contribution in [1.82, 2.24) is 10.0 Å². The third-order valence-corrected chi connectivity index (χ3v) is 7.06. The lowest BCUT2D eigenvalue weighted by Gasteiger charge is -2.26. The Balaban J connectivity index is 1.84. The molecular formula is C25H28FN3O6S. The first-order valence-corrected chi connectivity index (χ1v) is 12.9. The number of hydrogen-bond donors (Lipinski definition) is 2. The van der Waals surface area contributed by atoms with Crippen LogP contribution >= 0.6 is 0 Å². The number of carbonyl (C=O) groups excluding carboxylic acids is 2. The van der Waals surface area contributed by atoms with Crippen molar-refractivity contribution in [3.63, 3.8) is 0 Å². The van der Waals surface area contributed by atoms with Gasteiger partial charge in [0.05, 0.1) is 11.3 Å². The predicted molar refractivity (Wildman–Crippen MR) is 134 cm³/mol. The largest absolute Gasteiger partial charge is 0.455 e. The number of nitrogens with one attached hydrogen (secondary N) is 2. The fourth-order valence-electron chi connectivity index (χ4n) is 4.16. The number of hydrogen-bond acceptors (Lipinski definition) is 6. The van der Waals surface area contributed by atoms with E-state index in [0.29, 0.717) is 41.5 Å². The van der Waals surface area contributed by atoms with Crippen molar-refractivity contribution in [2.24, 2.45) is 0 Å². The summed E-state index contributed by atoms with van der Waals surface area (Å²) in [5.74, 6) is -0.579. The van der Waals surface area contributed by atoms with Crippen LogP contribution in [0.5, 0.6) is 0 Å². The average Bonchev–Trinajstić information content (AvgIpc) is 3.00. The standard InChI is InChI=1S/C25H28FN3O6S/c1-25(2,3)35-24(31)28-36(32,33)29-12-6-5-7-16-13-18-20(14-19(16)29)34-22(21(18)23(30)27-4)15-8-10-17(26)11-9-15/h8-11,13-14H,5-7,12H2,1-4H3,(H,27,30)(H,28,31). The van der Waals surface area contributed by atoms with Crippen molar-refractivity contribution in [2.75, 3.05) is 17.9 Å². The minimum absolute atomic E-state index is 0.143. The Bertz CT molecular complexity index is 1420. The summed E-state index contributed by atoms with van der Waals surface area (Å²) in [4.78, 5) is 25.1. The van der Waals surface area contributed by atoms with Gasteiger partial charge in [-0.1, -0.05) is 0 Å². The van der Waals surface area contributed by atoms with E-state index in [9.17, 15) is 22.4 Å². The van der Waals surface area contributed by atoms with Crippen LogP contribution in [0.1, 0.15) is 49.5 Å². The molecule has 2 N–H and O–H groups in total. The van der Waals surface area contributed by atoms with Gasteiger partial charge in [-0.3, -0.25) is 9.10 Å². The second-order valence-electron chi connectivity index (χ2n) is 9.51. The van der Waals surface area contributed by atoms with Gasteiger partial charge >= 0.3 is 16.3 Å². The maximum atomic E-state index is 13.5. The molecule has 36 heavy (non-hydrogen) atoms. The highest BCUT2D eigenvalue weighted by atomic mass is 32.2. The van der Waals surface area contributed by atoms with E-state index in [2.05, 4.69) is 5.32 Å². The van der Waals surface area contributed by atoms with E-state index in [1.807, 2.05) is 4.72 Å². The van der Waals surface area contributed by atoms with Crippen molar-refractivity contribution in [2.45, 2.75) is 45.6 Å². The highest BCUT2D eigenvalue weighted by Crippen LogP contribution is 2.39. The highest BCUT2D eigenvalue weighted by Gasteiger charge is 2.32. The molecule has 0 saturated carbocycles. The maximum absolute atomic E-state index is 13.5. The number of furan rings is 1. The molecule has 11 heteroatoms. The van der Waals surface area contributed by atoms with Gasteiger partial charge in [0.25, 0.3) is 5.91 Å². The van der Waals surface area contributed by atoms with Crippen LogP contribution in [0.2, 0.25) is 0 Å². The smallest absolute Gasteiger partial charge is 0.422 e. The molecule has 9 nitrogen and oxygen atoms in total. The van der Waals surface area contributed by atoms with Crippen LogP contribution in [-0.2, 0) is 21.4 Å². The fraction of sp³-hybridized carbons (Fsp3) is 0.360. The molecule has 0 radical (unpaired) electrons. The minimum Gasteiger partial charge on any atom is -0.455 e. The van der Waals surface area contributed by atoms with Gasteiger partial charge in [-0.05, 0) is 75.9 Å². The third kappa shape index (κ3) is 5.15. The van der Waals surface area contributed by atoms with Crippen LogP contribution in [-0.4, -0.2) is 39.6 Å². The molecular weight excluding hydrogens is 489 g/mol. The van der Waals surface area contributed by atoms with Crippen molar-refractivity contribution < 1.29 is 31.6 Å². The van der Waals surface area contributed by atoms with Gasteiger partial charge < -0.3 is 14.5 Å². The normalized spacial score (nSPS) is 14.2. The molecule has 2 aromatic carbocycles. The lowest BCUT2D eigenvalue weighted by Crippen LogP contribution is -2.45. The van der Waals surface area contributed by atoms with E-state index in [0.717, 1.165) is 4.31 Å². The van der Waals surface area contributed by atoms with Crippen LogP contribution in [0.3, 0.4) is 0 Å². The quantitative estimate of drug-likeness (QED) is 0.526. The number of halogens is 1. The van der Waals surface area contributed by atoms with E-state index >= 15 is 0 Å². The number of amides is 2. The predicted octanol–water partition coefficient (Wildman–Crippen LogP) is 4.51. The minimum atomic E-state index is -4.30. The Labute approximate surface area is 208 Å². The van der Waals surface area contributed by atoms with E-state index in [1.54, 1.807) is 32.9 Å². The average molecular weight is 518 g/mol. The monoisotopic (exact) mass is 517 g/mol. The van der Waals surface area contributed by atoms with Gasteiger partial charge in [-0.2, -0.15) is 8.42 Å². The molecule has 1 aliphatic rings. The van der Waals surface area contributed by atoms with Gasteiger partial charge in [-0.15, -0.1) is 0 Å². The molecule has 2 amide bonds. The first kappa shape index (κ1) is 25.5. The van der Waals surface area contributed by atoms with Crippen LogP contribution < -0.4 is 14.3 Å². The number of anilines is 1. The number of fused-ring (bicyclic) bond motifs is 2. The van der Waals surface area contributed by atoms with Gasteiger partial charge in [0.15, 0.2) is 0 Å². The zero-order valence-electron chi connectivity index (χ0n) is 20.5. The second-order valence-corrected chi connectivity index (χ2v) is 11.1. The summed E-state index contributed by atoms with van der Waals surface area (Å²) < 4.78 is 54.2. The van der Waals surface area contributed by atoms with E-state index in [1.165, 1.54) is 31.3 Å². The zero-order valence-corrected chi connectivity index (χ0v) is 21.3. The molecule has 1 aliphatic heterocycles. The second kappa shape index (κ2) is 9.45. The number of ether oxygens (including phenoxy) is 1. The number of aryl methyl sites for hydroxylation is 1. The van der Waals surface area contributed by atoms with E-state index in [-0.39, 0.29) is 23.5 Å². The van der Waals surface area contributed by atoms with Gasteiger partial charge in [-0.25, -0.2) is 13.9 Å². The fourth-order valence-corrected chi connectivity index (χ4v) is 5.33. The molecule has 0 fully saturated rings. The van der Waals surface area contributed by atoms with Crippen molar-refractivity contribution in [3.8, 4) is 11.3 Å². The lowest BCUT2D eigenvalue weighted by molar-refractivity contribution is 0.0570. The summed E-state index contributed by atoms with van der Waals surface area (Å²) in [6.07, 6.45) is 0.755.